The van der Waals surface area contributed by atoms with E-state index >= 15 is 0 Å². The van der Waals surface area contributed by atoms with Crippen LogP contribution in [0.15, 0.2) is 77.8 Å². The molecule has 1 atom stereocenters. The highest BCUT2D eigenvalue weighted by Gasteiger charge is 2.44. The number of hydrogen-bond donors (Lipinski definition) is 4. The third-order valence-electron chi connectivity index (χ3n) is 4.88. The second kappa shape index (κ2) is 8.36. The zero-order valence-electron chi connectivity index (χ0n) is 15.6. The number of halogens is 2. The Morgan fingerprint density at radius 1 is 0.967 bits per heavy atom. The molecule has 152 valence electrons. The molecule has 3 aromatic rings. The first-order chi connectivity index (χ1) is 14.5. The highest BCUT2D eigenvalue weighted by molar-refractivity contribution is 6.37. The molecule has 0 fully saturated rings. The van der Waals surface area contributed by atoms with Crippen molar-refractivity contribution in [2.45, 2.75) is 11.7 Å². The molecule has 4 rings (SSSR count). The Kier molecular flexibility index (Phi) is 5.63. The average molecular weight is 441 g/mol. The number of rotatable bonds is 5. The van der Waals surface area contributed by atoms with Gasteiger partial charge in [0.1, 0.15) is 6.34 Å². The molecule has 1 heterocycles. The summed E-state index contributed by atoms with van der Waals surface area (Å²) in [7, 11) is 0. The monoisotopic (exact) mass is 440 g/mol. The van der Waals surface area contributed by atoms with E-state index in [0.29, 0.717) is 5.56 Å². The van der Waals surface area contributed by atoms with Gasteiger partial charge in [0.15, 0.2) is 5.75 Å². The lowest BCUT2D eigenvalue weighted by atomic mass is 9.95. The largest absolute Gasteiger partial charge is 0.505 e. The van der Waals surface area contributed by atoms with Crippen LogP contribution < -0.4 is 16.2 Å². The van der Waals surface area contributed by atoms with Crippen molar-refractivity contribution in [3.8, 4) is 5.75 Å². The van der Waals surface area contributed by atoms with Gasteiger partial charge in [0.2, 0.25) is 5.66 Å². The number of phenolic OH excluding ortho intramolecular Hbond substituents is 1. The Morgan fingerprint density at radius 3 is 1.97 bits per heavy atom. The number of carbonyl (C=O) groups is 1. The van der Waals surface area contributed by atoms with Crippen LogP contribution in [-0.2, 0) is 10.5 Å². The van der Waals surface area contributed by atoms with Crippen molar-refractivity contribution in [3.05, 3.63) is 99.5 Å². The van der Waals surface area contributed by atoms with Gasteiger partial charge in [0.25, 0.3) is 5.91 Å². The highest BCUT2D eigenvalue weighted by atomic mass is 35.5. The molecular formula is C22H18Cl2N4O2. The van der Waals surface area contributed by atoms with Crippen LogP contribution in [0, 0.1) is 0 Å². The van der Waals surface area contributed by atoms with E-state index in [1.54, 1.807) is 0 Å². The minimum atomic E-state index is -1.51. The van der Waals surface area contributed by atoms with E-state index < -0.39 is 17.6 Å². The molecular weight excluding hydrogens is 423 g/mol. The maximum absolute atomic E-state index is 13.6. The summed E-state index contributed by atoms with van der Waals surface area (Å²) in [6.45, 7) is 0. The van der Waals surface area contributed by atoms with Gasteiger partial charge in [-0.15, -0.1) is 0 Å². The van der Waals surface area contributed by atoms with Gasteiger partial charge in [0, 0.05) is 5.56 Å². The minimum Gasteiger partial charge on any atom is -0.505 e. The van der Waals surface area contributed by atoms with Gasteiger partial charge in [-0.2, -0.15) is 5.43 Å². The lowest BCUT2D eigenvalue weighted by Gasteiger charge is -2.29. The van der Waals surface area contributed by atoms with Crippen LogP contribution in [0.1, 0.15) is 22.7 Å². The fourth-order valence-corrected chi connectivity index (χ4v) is 3.84. The minimum absolute atomic E-state index is 0.0243. The SMILES string of the molecule is O=C(NC(c1ccccc1)c1ccccc1)C1(c2cc(Cl)c(O)c(Cl)c2)N=CNN1. The summed E-state index contributed by atoms with van der Waals surface area (Å²) in [5, 5.41) is 13.0. The standard InChI is InChI=1S/C22H18Cl2N4O2/c23-17-11-16(12-18(24)20(17)29)22(25-13-26-28-22)21(30)27-19(14-7-3-1-4-8-14)15-9-5-2-6-10-15/h1-13,19,28-29H,(H,25,26)(H,27,30). The number of aromatic hydroxyl groups is 1. The second-order valence-electron chi connectivity index (χ2n) is 6.75. The molecule has 0 saturated carbocycles. The molecule has 8 heteroatoms. The van der Waals surface area contributed by atoms with Crippen LogP contribution in [0.25, 0.3) is 0 Å². The van der Waals surface area contributed by atoms with Crippen molar-refractivity contribution in [2.24, 2.45) is 4.99 Å². The van der Waals surface area contributed by atoms with Crippen LogP contribution in [-0.4, -0.2) is 17.4 Å². The number of aliphatic imine (C=N–C) groups is 1. The van der Waals surface area contributed by atoms with Crippen molar-refractivity contribution in [2.75, 3.05) is 0 Å². The van der Waals surface area contributed by atoms with E-state index in [9.17, 15) is 9.90 Å². The molecule has 0 aromatic heterocycles. The van der Waals surface area contributed by atoms with Crippen LogP contribution in [0.2, 0.25) is 10.0 Å². The molecule has 3 aromatic carbocycles. The third kappa shape index (κ3) is 3.73. The molecule has 1 unspecified atom stereocenters. The summed E-state index contributed by atoms with van der Waals surface area (Å²) < 4.78 is 0. The number of phenols is 1. The first-order valence-electron chi connectivity index (χ1n) is 9.17. The predicted molar refractivity (Wildman–Crippen MR) is 117 cm³/mol. The molecule has 0 spiro atoms. The van der Waals surface area contributed by atoms with Gasteiger partial charge in [0.05, 0.1) is 16.1 Å². The summed E-state index contributed by atoms with van der Waals surface area (Å²) in [4.78, 5) is 17.9. The molecule has 30 heavy (non-hydrogen) atoms. The Morgan fingerprint density at radius 2 is 1.50 bits per heavy atom. The van der Waals surface area contributed by atoms with Crippen LogP contribution in [0.4, 0.5) is 0 Å². The Hall–Kier alpha value is -3.06. The van der Waals surface area contributed by atoms with E-state index in [0.717, 1.165) is 11.1 Å². The molecule has 6 nitrogen and oxygen atoms in total. The summed E-state index contributed by atoms with van der Waals surface area (Å²) in [5.41, 5.74) is 6.35. The Labute approximate surface area is 183 Å². The Balaban J connectivity index is 1.74. The number of hydrazine groups is 1. The molecule has 1 aliphatic heterocycles. The van der Waals surface area contributed by atoms with Crippen LogP contribution >= 0.6 is 23.2 Å². The fraction of sp³-hybridized carbons (Fsp3) is 0.0909. The lowest BCUT2D eigenvalue weighted by Crippen LogP contribution is -2.54. The van der Waals surface area contributed by atoms with E-state index in [4.69, 9.17) is 23.2 Å². The fourth-order valence-electron chi connectivity index (χ4n) is 3.35. The third-order valence-corrected chi connectivity index (χ3v) is 5.46. The van der Waals surface area contributed by atoms with Gasteiger partial charge in [-0.3, -0.25) is 4.79 Å². The van der Waals surface area contributed by atoms with E-state index in [-0.39, 0.29) is 15.8 Å². The van der Waals surface area contributed by atoms with Crippen molar-refractivity contribution in [3.63, 3.8) is 0 Å². The van der Waals surface area contributed by atoms with Crippen molar-refractivity contribution in [1.82, 2.24) is 16.2 Å². The van der Waals surface area contributed by atoms with Gasteiger partial charge >= 0.3 is 0 Å². The Bertz CT molecular complexity index is 1030. The number of hydrogen-bond acceptors (Lipinski definition) is 5. The van der Waals surface area contributed by atoms with Gasteiger partial charge in [-0.25, -0.2) is 4.99 Å². The summed E-state index contributed by atoms with van der Waals surface area (Å²) >= 11 is 12.2. The number of nitrogens with one attached hydrogen (secondary N) is 3. The van der Waals surface area contributed by atoms with Crippen molar-refractivity contribution < 1.29 is 9.90 Å². The normalized spacial score (nSPS) is 17.7. The number of benzene rings is 3. The molecule has 0 radical (unpaired) electrons. The van der Waals surface area contributed by atoms with Crippen molar-refractivity contribution >= 4 is 35.4 Å². The van der Waals surface area contributed by atoms with Crippen molar-refractivity contribution in [1.29, 1.82) is 0 Å². The number of nitrogens with zero attached hydrogens (tertiary/aromatic N) is 1. The maximum Gasteiger partial charge on any atom is 0.270 e. The summed E-state index contributed by atoms with van der Waals surface area (Å²) in [6, 6.07) is 21.8. The second-order valence-corrected chi connectivity index (χ2v) is 7.57. The zero-order valence-corrected chi connectivity index (χ0v) is 17.2. The highest BCUT2D eigenvalue weighted by Crippen LogP contribution is 2.37. The van der Waals surface area contributed by atoms with Crippen LogP contribution in [0.3, 0.4) is 0 Å². The molecule has 1 aliphatic rings. The average Bonchev–Trinajstić information content (AvgIpc) is 3.28. The van der Waals surface area contributed by atoms with Gasteiger partial charge < -0.3 is 15.8 Å². The van der Waals surface area contributed by atoms with E-state index in [1.807, 2.05) is 60.7 Å². The lowest BCUT2D eigenvalue weighted by molar-refractivity contribution is -0.128. The number of carbonyl (C=O) groups excluding carboxylic acids is 1. The van der Waals surface area contributed by atoms with E-state index in [1.165, 1.54) is 18.5 Å². The quantitative estimate of drug-likeness (QED) is 0.484. The van der Waals surface area contributed by atoms with Gasteiger partial charge in [-0.05, 0) is 23.3 Å². The smallest absolute Gasteiger partial charge is 0.270 e. The van der Waals surface area contributed by atoms with Gasteiger partial charge in [-0.1, -0.05) is 83.9 Å². The zero-order chi connectivity index (χ0) is 21.1. The van der Waals surface area contributed by atoms with Crippen LogP contribution in [0.5, 0.6) is 5.75 Å². The first kappa shape index (κ1) is 20.2. The first-order valence-corrected chi connectivity index (χ1v) is 9.92. The molecule has 1 amide bonds. The molecule has 0 bridgehead atoms. The summed E-state index contributed by atoms with van der Waals surface area (Å²) in [6.07, 6.45) is 1.38. The molecule has 0 saturated heterocycles. The predicted octanol–water partition coefficient (Wildman–Crippen LogP) is 3.89. The summed E-state index contributed by atoms with van der Waals surface area (Å²) in [5.74, 6) is -0.668. The molecule has 0 aliphatic carbocycles. The topological polar surface area (TPSA) is 85.8 Å². The maximum atomic E-state index is 13.6. The van der Waals surface area contributed by atoms with E-state index in [2.05, 4.69) is 21.2 Å². The molecule has 4 N–H and O–H groups in total. The number of amides is 1.